The van der Waals surface area contributed by atoms with Gasteiger partial charge in [0.05, 0.1) is 0 Å². The lowest BCUT2D eigenvalue weighted by Gasteiger charge is -1.70. The van der Waals surface area contributed by atoms with Crippen LogP contribution in [-0.2, 0) is 10.4 Å². The number of nitrogens with one attached hydrogen (secondary N) is 1. The van der Waals surface area contributed by atoms with Crippen molar-refractivity contribution in [3.8, 4) is 0 Å². The van der Waals surface area contributed by atoms with Crippen LogP contribution in [0.2, 0.25) is 0 Å². The summed E-state index contributed by atoms with van der Waals surface area (Å²) in [4.78, 5) is 0. The van der Waals surface area contributed by atoms with Gasteiger partial charge in [0, 0.05) is 7.05 Å². The van der Waals surface area contributed by atoms with E-state index in [1.807, 2.05) is 7.05 Å². The minimum absolute atomic E-state index is 1.62. The smallest absolute Gasteiger partial charge is 0.394 e. The van der Waals surface area contributed by atoms with Crippen molar-refractivity contribution in [2.24, 2.45) is 0 Å². The monoisotopic (exact) mass is 155 g/mol. The molecule has 0 saturated heterocycles. The molecule has 0 aliphatic rings. The second-order valence-electron chi connectivity index (χ2n) is 0.941. The molecule has 0 aliphatic heterocycles. The molecular formula is C3H9NO4S. The molecule has 6 heteroatoms. The normalized spacial score (nSPS) is 8.78. The third-order valence-corrected chi connectivity index (χ3v) is 0.204. The topological polar surface area (TPSA) is 86.6 Å². The molecule has 56 valence electrons. The fourth-order valence-corrected chi connectivity index (χ4v) is 0. The van der Waals surface area contributed by atoms with Gasteiger partial charge in [-0.3, -0.25) is 9.11 Å². The molecule has 0 aromatic rings. The molecular weight excluding hydrogens is 146 g/mol. The molecule has 3 N–H and O–H groups in total. The summed E-state index contributed by atoms with van der Waals surface area (Å²) in [7, 11) is -2.85. The zero-order chi connectivity index (χ0) is 7.91. The van der Waals surface area contributed by atoms with Crippen LogP contribution >= 0.6 is 0 Å². The lowest BCUT2D eigenvalue weighted by atomic mass is 11.0. The van der Waals surface area contributed by atoms with Gasteiger partial charge in [-0.05, 0) is 6.20 Å². The number of hydrogen-bond donors (Lipinski definition) is 3. The van der Waals surface area contributed by atoms with Gasteiger partial charge < -0.3 is 5.32 Å². The summed E-state index contributed by atoms with van der Waals surface area (Å²) >= 11 is 0. The highest BCUT2D eigenvalue weighted by atomic mass is 32.3. The van der Waals surface area contributed by atoms with Crippen LogP contribution in [0.25, 0.3) is 0 Å². The van der Waals surface area contributed by atoms with E-state index in [2.05, 4.69) is 11.9 Å². The number of hydrogen-bond acceptors (Lipinski definition) is 3. The van der Waals surface area contributed by atoms with Gasteiger partial charge in [-0.1, -0.05) is 6.58 Å². The predicted molar refractivity (Wildman–Crippen MR) is 33.4 cm³/mol. The Morgan fingerprint density at radius 1 is 1.56 bits per heavy atom. The van der Waals surface area contributed by atoms with E-state index < -0.39 is 10.4 Å². The summed E-state index contributed by atoms with van der Waals surface area (Å²) < 4.78 is 31.6. The average Bonchev–Trinajstić information content (AvgIpc) is 1.61. The summed E-state index contributed by atoms with van der Waals surface area (Å²) in [5.74, 6) is 0. The van der Waals surface area contributed by atoms with Crippen molar-refractivity contribution in [3.05, 3.63) is 12.8 Å². The molecule has 0 aromatic heterocycles. The second-order valence-corrected chi connectivity index (χ2v) is 1.84. The Balaban J connectivity index is 0. The Morgan fingerprint density at radius 3 is 1.67 bits per heavy atom. The first kappa shape index (κ1) is 11.2. The van der Waals surface area contributed by atoms with Crippen LogP contribution in [0, 0.1) is 0 Å². The molecule has 0 bridgehead atoms. The van der Waals surface area contributed by atoms with Gasteiger partial charge in [0.25, 0.3) is 0 Å². The average molecular weight is 155 g/mol. The van der Waals surface area contributed by atoms with Crippen molar-refractivity contribution in [2.75, 3.05) is 7.05 Å². The summed E-state index contributed by atoms with van der Waals surface area (Å²) in [5, 5.41) is 2.69. The lowest BCUT2D eigenvalue weighted by Crippen LogP contribution is -1.89. The Bertz CT molecular complexity index is 141. The highest BCUT2D eigenvalue weighted by Crippen LogP contribution is 1.59. The fourth-order valence-electron chi connectivity index (χ4n) is 0. The zero-order valence-electron chi connectivity index (χ0n) is 4.90. The third kappa shape index (κ3) is 1290. The molecule has 0 unspecified atom stereocenters. The van der Waals surface area contributed by atoms with E-state index in [1.54, 1.807) is 6.20 Å². The summed E-state index contributed by atoms with van der Waals surface area (Å²) in [6.07, 6.45) is 1.62. The van der Waals surface area contributed by atoms with Crippen LogP contribution in [0.4, 0.5) is 0 Å². The summed E-state index contributed by atoms with van der Waals surface area (Å²) in [6, 6.07) is 0. The van der Waals surface area contributed by atoms with Crippen molar-refractivity contribution < 1.29 is 17.5 Å². The molecule has 0 fully saturated rings. The quantitative estimate of drug-likeness (QED) is 0.452. The molecule has 0 atom stereocenters. The molecule has 0 aliphatic carbocycles. The van der Waals surface area contributed by atoms with Gasteiger partial charge in [0.2, 0.25) is 0 Å². The van der Waals surface area contributed by atoms with Gasteiger partial charge >= 0.3 is 10.4 Å². The lowest BCUT2D eigenvalue weighted by molar-refractivity contribution is 0.381. The Hall–Kier alpha value is -0.590. The van der Waals surface area contributed by atoms with Crippen LogP contribution in [0.3, 0.4) is 0 Å². The molecule has 0 saturated carbocycles. The van der Waals surface area contributed by atoms with Gasteiger partial charge in [-0.15, -0.1) is 0 Å². The fraction of sp³-hybridized carbons (Fsp3) is 0.333. The Morgan fingerprint density at radius 2 is 1.67 bits per heavy atom. The van der Waals surface area contributed by atoms with Crippen LogP contribution in [-0.4, -0.2) is 24.6 Å². The minimum atomic E-state index is -4.67. The Kier molecular flexibility index (Phi) is 6.92. The zero-order valence-corrected chi connectivity index (χ0v) is 5.72. The SMILES string of the molecule is C=CNC.O=S(=O)(O)O. The summed E-state index contributed by atoms with van der Waals surface area (Å²) in [6.45, 7) is 3.37. The van der Waals surface area contributed by atoms with Crippen molar-refractivity contribution in [1.82, 2.24) is 5.32 Å². The highest BCUT2D eigenvalue weighted by Gasteiger charge is 1.84. The van der Waals surface area contributed by atoms with Crippen molar-refractivity contribution in [1.29, 1.82) is 0 Å². The van der Waals surface area contributed by atoms with Gasteiger partial charge in [0.15, 0.2) is 0 Å². The van der Waals surface area contributed by atoms with E-state index in [0.29, 0.717) is 0 Å². The molecule has 0 aromatic carbocycles. The predicted octanol–water partition coefficient (Wildman–Crippen LogP) is -0.303. The first-order valence-electron chi connectivity index (χ1n) is 1.90. The maximum Gasteiger partial charge on any atom is 0.394 e. The Labute approximate surface area is 54.0 Å². The van der Waals surface area contributed by atoms with E-state index in [-0.39, 0.29) is 0 Å². The van der Waals surface area contributed by atoms with Crippen LogP contribution in [0.5, 0.6) is 0 Å². The molecule has 0 spiro atoms. The van der Waals surface area contributed by atoms with Gasteiger partial charge in [0.1, 0.15) is 0 Å². The van der Waals surface area contributed by atoms with Crippen LogP contribution in [0.15, 0.2) is 12.8 Å². The van der Waals surface area contributed by atoms with Crippen molar-refractivity contribution >= 4 is 10.4 Å². The standard InChI is InChI=1S/C3H7N.H2O4S/c1-3-4-2;1-5(2,3)4/h3-4H,1H2,2H3;(H2,1,2,3,4). The molecule has 0 rings (SSSR count). The van der Waals surface area contributed by atoms with Gasteiger partial charge in [-0.25, -0.2) is 0 Å². The van der Waals surface area contributed by atoms with E-state index in [9.17, 15) is 0 Å². The third-order valence-electron chi connectivity index (χ3n) is 0.204. The van der Waals surface area contributed by atoms with Crippen molar-refractivity contribution in [3.63, 3.8) is 0 Å². The van der Waals surface area contributed by atoms with Crippen LogP contribution in [0.1, 0.15) is 0 Å². The largest absolute Gasteiger partial charge is 0.394 e. The molecule has 9 heavy (non-hydrogen) atoms. The van der Waals surface area contributed by atoms with E-state index in [4.69, 9.17) is 17.5 Å². The molecule has 0 radical (unpaired) electrons. The van der Waals surface area contributed by atoms with Gasteiger partial charge in [-0.2, -0.15) is 8.42 Å². The van der Waals surface area contributed by atoms with E-state index >= 15 is 0 Å². The molecule has 0 heterocycles. The van der Waals surface area contributed by atoms with Crippen LogP contribution < -0.4 is 5.32 Å². The maximum absolute atomic E-state index is 8.74. The summed E-state index contributed by atoms with van der Waals surface area (Å²) in [5.41, 5.74) is 0. The first-order chi connectivity index (χ1) is 3.91. The number of rotatable bonds is 1. The highest BCUT2D eigenvalue weighted by molar-refractivity contribution is 7.79. The van der Waals surface area contributed by atoms with Crippen molar-refractivity contribution in [2.45, 2.75) is 0 Å². The first-order valence-corrected chi connectivity index (χ1v) is 3.29. The second kappa shape index (κ2) is 5.54. The maximum atomic E-state index is 8.74. The molecule has 5 nitrogen and oxygen atoms in total. The molecule has 0 amide bonds. The minimum Gasteiger partial charge on any atom is -0.394 e. The van der Waals surface area contributed by atoms with E-state index in [0.717, 1.165) is 0 Å². The van der Waals surface area contributed by atoms with E-state index in [1.165, 1.54) is 0 Å².